The molecule has 0 bridgehead atoms. The van der Waals surface area contributed by atoms with E-state index in [1.54, 1.807) is 0 Å². The van der Waals surface area contributed by atoms with Crippen LogP contribution in [-0.2, 0) is 0 Å². The Kier molecular flexibility index (Phi) is 4.21. The van der Waals surface area contributed by atoms with Crippen molar-refractivity contribution in [2.75, 3.05) is 13.6 Å². The molecule has 2 heteroatoms. The van der Waals surface area contributed by atoms with Gasteiger partial charge in [-0.25, -0.2) is 0 Å². The molecule has 0 aliphatic carbocycles. The summed E-state index contributed by atoms with van der Waals surface area (Å²) in [6.07, 6.45) is 0. The van der Waals surface area contributed by atoms with Gasteiger partial charge >= 0.3 is 0 Å². The fraction of sp³-hybridized carbons (Fsp3) is 1.00. The van der Waals surface area contributed by atoms with Crippen LogP contribution in [0.3, 0.4) is 0 Å². The summed E-state index contributed by atoms with van der Waals surface area (Å²) in [4.78, 5) is 2.35. The normalized spacial score (nSPS) is 18.0. The Morgan fingerprint density at radius 3 is 1.92 bits per heavy atom. The van der Waals surface area contributed by atoms with Crippen LogP contribution in [0, 0.1) is 5.41 Å². The van der Waals surface area contributed by atoms with Gasteiger partial charge in [0.1, 0.15) is 0 Å². The lowest BCUT2D eigenvalue weighted by molar-refractivity contribution is 0.108. The molecule has 0 heterocycles. The van der Waals surface area contributed by atoms with E-state index in [9.17, 15) is 0 Å². The van der Waals surface area contributed by atoms with Crippen molar-refractivity contribution >= 4 is 0 Å². The summed E-state index contributed by atoms with van der Waals surface area (Å²) in [7, 11) is 2.15. The van der Waals surface area contributed by atoms with Crippen molar-refractivity contribution in [1.29, 1.82) is 0 Å². The minimum Gasteiger partial charge on any atom is -0.329 e. The predicted molar refractivity (Wildman–Crippen MR) is 55.2 cm³/mol. The van der Waals surface area contributed by atoms with E-state index in [2.05, 4.69) is 46.6 Å². The van der Waals surface area contributed by atoms with Crippen molar-refractivity contribution in [3.05, 3.63) is 0 Å². The van der Waals surface area contributed by atoms with E-state index in [-0.39, 0.29) is 0 Å². The predicted octanol–water partition coefficient (Wildman–Crippen LogP) is 1.70. The first-order valence-corrected chi connectivity index (χ1v) is 4.72. The first-order valence-electron chi connectivity index (χ1n) is 4.72. The highest BCUT2D eigenvalue weighted by atomic mass is 15.2. The average molecular weight is 172 g/mol. The van der Waals surface area contributed by atoms with Crippen LogP contribution < -0.4 is 5.73 Å². The third-order valence-corrected chi connectivity index (χ3v) is 2.90. The van der Waals surface area contributed by atoms with Gasteiger partial charge in [0.25, 0.3) is 0 Å². The summed E-state index contributed by atoms with van der Waals surface area (Å²) in [5.74, 6) is 0. The maximum absolute atomic E-state index is 5.61. The smallest absolute Gasteiger partial charge is 0.0190 e. The second-order valence-electron chi connectivity index (χ2n) is 4.79. The standard InChI is InChI=1S/C10H24N2/c1-8(7-11)12(6)9(2)10(3,4)5/h8-9H,7,11H2,1-6H3. The number of likely N-dealkylation sites (N-methyl/N-ethyl adjacent to an activating group) is 1. The van der Waals surface area contributed by atoms with Crippen LogP contribution in [0.5, 0.6) is 0 Å². The molecule has 2 atom stereocenters. The Bertz CT molecular complexity index is 126. The van der Waals surface area contributed by atoms with Crippen molar-refractivity contribution in [3.63, 3.8) is 0 Å². The van der Waals surface area contributed by atoms with Crippen LogP contribution >= 0.6 is 0 Å². The summed E-state index contributed by atoms with van der Waals surface area (Å²) < 4.78 is 0. The Hall–Kier alpha value is -0.0800. The number of nitrogens with two attached hydrogens (primary N) is 1. The number of hydrogen-bond donors (Lipinski definition) is 1. The number of rotatable bonds is 3. The van der Waals surface area contributed by atoms with E-state index >= 15 is 0 Å². The van der Waals surface area contributed by atoms with E-state index in [0.717, 1.165) is 6.54 Å². The minimum absolute atomic E-state index is 0.332. The molecule has 0 aliphatic heterocycles. The van der Waals surface area contributed by atoms with Crippen LogP contribution in [0.1, 0.15) is 34.6 Å². The van der Waals surface area contributed by atoms with Crippen molar-refractivity contribution in [2.24, 2.45) is 11.1 Å². The maximum atomic E-state index is 5.61. The second kappa shape index (κ2) is 4.24. The van der Waals surface area contributed by atoms with Crippen LogP contribution in [0.25, 0.3) is 0 Å². The molecule has 0 aliphatic rings. The van der Waals surface area contributed by atoms with Gasteiger partial charge < -0.3 is 5.73 Å². The lowest BCUT2D eigenvalue weighted by atomic mass is 9.86. The molecule has 2 nitrogen and oxygen atoms in total. The first-order chi connectivity index (χ1) is 5.30. The van der Waals surface area contributed by atoms with E-state index in [4.69, 9.17) is 5.73 Å². The second-order valence-corrected chi connectivity index (χ2v) is 4.79. The van der Waals surface area contributed by atoms with Crippen LogP contribution in [-0.4, -0.2) is 30.6 Å². The Labute approximate surface area is 77.1 Å². The van der Waals surface area contributed by atoms with E-state index in [1.807, 2.05) is 0 Å². The lowest BCUT2D eigenvalue weighted by Gasteiger charge is -2.38. The SMILES string of the molecule is CC(CN)N(C)C(C)C(C)(C)C. The third-order valence-electron chi connectivity index (χ3n) is 2.90. The Balaban J connectivity index is 4.19. The monoisotopic (exact) mass is 172 g/mol. The zero-order valence-corrected chi connectivity index (χ0v) is 9.39. The van der Waals surface area contributed by atoms with Gasteiger partial charge in [-0.2, -0.15) is 0 Å². The summed E-state index contributed by atoms with van der Waals surface area (Å²) in [5.41, 5.74) is 5.94. The first kappa shape index (κ1) is 11.9. The fourth-order valence-electron chi connectivity index (χ4n) is 1.16. The Morgan fingerprint density at radius 2 is 1.67 bits per heavy atom. The molecule has 0 aromatic heterocycles. The molecule has 2 unspecified atom stereocenters. The highest BCUT2D eigenvalue weighted by Crippen LogP contribution is 2.23. The molecule has 12 heavy (non-hydrogen) atoms. The molecule has 0 spiro atoms. The summed E-state index contributed by atoms with van der Waals surface area (Å²) in [6.45, 7) is 11.9. The van der Waals surface area contributed by atoms with Crippen molar-refractivity contribution in [3.8, 4) is 0 Å². The number of nitrogens with zero attached hydrogens (tertiary/aromatic N) is 1. The molecule has 0 saturated carbocycles. The lowest BCUT2D eigenvalue weighted by Crippen LogP contribution is -2.46. The highest BCUT2D eigenvalue weighted by molar-refractivity contribution is 4.80. The molecule has 2 N–H and O–H groups in total. The van der Waals surface area contributed by atoms with Gasteiger partial charge in [-0.3, -0.25) is 4.90 Å². The van der Waals surface area contributed by atoms with E-state index < -0.39 is 0 Å². The molecular formula is C10H24N2. The molecule has 0 aromatic carbocycles. The van der Waals surface area contributed by atoms with Gasteiger partial charge in [0, 0.05) is 18.6 Å². The molecule has 0 radical (unpaired) electrons. The van der Waals surface area contributed by atoms with Gasteiger partial charge in [0.2, 0.25) is 0 Å². The molecule has 74 valence electrons. The van der Waals surface area contributed by atoms with Gasteiger partial charge in [-0.15, -0.1) is 0 Å². The largest absolute Gasteiger partial charge is 0.329 e. The van der Waals surface area contributed by atoms with Crippen LogP contribution in [0.4, 0.5) is 0 Å². The van der Waals surface area contributed by atoms with E-state index in [0.29, 0.717) is 17.5 Å². The van der Waals surface area contributed by atoms with Crippen molar-refractivity contribution < 1.29 is 0 Å². The molecule has 0 saturated heterocycles. The highest BCUT2D eigenvalue weighted by Gasteiger charge is 2.25. The van der Waals surface area contributed by atoms with Crippen LogP contribution in [0.2, 0.25) is 0 Å². The van der Waals surface area contributed by atoms with Gasteiger partial charge in [-0.05, 0) is 26.3 Å². The van der Waals surface area contributed by atoms with Gasteiger partial charge in [0.05, 0.1) is 0 Å². The summed E-state index contributed by atoms with van der Waals surface area (Å²) in [5, 5.41) is 0. The molecule has 0 aromatic rings. The fourth-order valence-corrected chi connectivity index (χ4v) is 1.16. The Morgan fingerprint density at radius 1 is 1.25 bits per heavy atom. The third kappa shape index (κ3) is 3.11. The summed E-state index contributed by atoms with van der Waals surface area (Å²) in [6, 6.07) is 1.04. The summed E-state index contributed by atoms with van der Waals surface area (Å²) >= 11 is 0. The average Bonchev–Trinajstić information content (AvgIpc) is 1.98. The zero-order chi connectivity index (χ0) is 9.94. The quantitative estimate of drug-likeness (QED) is 0.702. The van der Waals surface area contributed by atoms with Crippen molar-refractivity contribution in [1.82, 2.24) is 4.90 Å². The zero-order valence-electron chi connectivity index (χ0n) is 9.39. The molecule has 0 rings (SSSR count). The minimum atomic E-state index is 0.332. The molecule has 0 fully saturated rings. The maximum Gasteiger partial charge on any atom is 0.0190 e. The van der Waals surface area contributed by atoms with Gasteiger partial charge in [0.15, 0.2) is 0 Å². The molecular weight excluding hydrogens is 148 g/mol. The van der Waals surface area contributed by atoms with E-state index in [1.165, 1.54) is 0 Å². The number of hydrogen-bond acceptors (Lipinski definition) is 2. The van der Waals surface area contributed by atoms with Crippen molar-refractivity contribution in [2.45, 2.75) is 46.7 Å². The van der Waals surface area contributed by atoms with Crippen LogP contribution in [0.15, 0.2) is 0 Å². The topological polar surface area (TPSA) is 29.3 Å². The molecule has 0 amide bonds. The van der Waals surface area contributed by atoms with Gasteiger partial charge in [-0.1, -0.05) is 20.8 Å².